The number of alkyl halides is 2. The Morgan fingerprint density at radius 1 is 1.39 bits per heavy atom. The van der Waals surface area contributed by atoms with Crippen LogP contribution in [0.15, 0.2) is 43.0 Å². The summed E-state index contributed by atoms with van der Waals surface area (Å²) >= 11 is 0. The molecule has 2 aromatic rings. The van der Waals surface area contributed by atoms with Crippen molar-refractivity contribution in [2.24, 2.45) is 5.41 Å². The topological polar surface area (TPSA) is 56.2 Å². The van der Waals surface area contributed by atoms with E-state index >= 15 is 0 Å². The number of amides is 1. The van der Waals surface area contributed by atoms with Crippen LogP contribution in [0, 0.1) is 5.41 Å². The number of carbonyl (C=O) groups excluding carboxylic acids is 1. The van der Waals surface area contributed by atoms with Crippen LogP contribution in [0.5, 0.6) is 5.75 Å². The minimum absolute atomic E-state index is 0.0227. The van der Waals surface area contributed by atoms with E-state index in [1.807, 2.05) is 10.8 Å². The Kier molecular flexibility index (Phi) is 4.27. The Hall–Kier alpha value is -2.44. The molecule has 0 bridgehead atoms. The molecule has 1 fully saturated rings. The molecule has 1 N–H and O–H groups in total. The lowest BCUT2D eigenvalue weighted by Gasteiger charge is -2.17. The third-order valence-corrected chi connectivity index (χ3v) is 4.01. The van der Waals surface area contributed by atoms with Gasteiger partial charge in [0.2, 0.25) is 0 Å². The van der Waals surface area contributed by atoms with Gasteiger partial charge in [0.25, 0.3) is 5.91 Å². The first kappa shape index (κ1) is 15.5. The van der Waals surface area contributed by atoms with E-state index in [0.29, 0.717) is 6.54 Å². The summed E-state index contributed by atoms with van der Waals surface area (Å²) in [6.07, 6.45) is 7.37. The van der Waals surface area contributed by atoms with Crippen LogP contribution >= 0.6 is 0 Å². The average Bonchev–Trinajstić information content (AvgIpc) is 3.09. The first-order valence-corrected chi connectivity index (χ1v) is 7.36. The van der Waals surface area contributed by atoms with Crippen molar-refractivity contribution in [3.05, 3.63) is 48.5 Å². The van der Waals surface area contributed by atoms with Gasteiger partial charge in [-0.15, -0.1) is 0 Å². The van der Waals surface area contributed by atoms with Gasteiger partial charge in [0.1, 0.15) is 5.75 Å². The maximum atomic E-state index is 12.4. The summed E-state index contributed by atoms with van der Waals surface area (Å²) < 4.78 is 31.2. The van der Waals surface area contributed by atoms with Crippen molar-refractivity contribution < 1.29 is 18.3 Å². The van der Waals surface area contributed by atoms with Gasteiger partial charge in [0.15, 0.2) is 0 Å². The molecule has 1 aliphatic carbocycles. The van der Waals surface area contributed by atoms with Crippen LogP contribution in [0.3, 0.4) is 0 Å². The molecule has 0 unspecified atom stereocenters. The highest BCUT2D eigenvalue weighted by molar-refractivity contribution is 5.96. The molecule has 0 saturated heterocycles. The molecule has 1 saturated carbocycles. The molecule has 1 amide bonds. The molecular formula is C16H17F2N3O2. The third kappa shape index (κ3) is 3.85. The molecule has 23 heavy (non-hydrogen) atoms. The molecule has 5 nitrogen and oxygen atoms in total. The lowest BCUT2D eigenvalue weighted by Crippen LogP contribution is -2.32. The number of nitrogens with zero attached hydrogens (tertiary/aromatic N) is 2. The van der Waals surface area contributed by atoms with E-state index in [0.717, 1.165) is 19.4 Å². The maximum Gasteiger partial charge on any atom is 0.387 e. The SMILES string of the molecule is O=C(NCC1(Cn2ccnc2)CC1)c1ccccc1OC(F)F. The van der Waals surface area contributed by atoms with E-state index in [-0.39, 0.29) is 16.7 Å². The summed E-state index contributed by atoms with van der Waals surface area (Å²) in [6.45, 7) is -1.69. The summed E-state index contributed by atoms with van der Waals surface area (Å²) in [5.41, 5.74) is 0.140. The standard InChI is InChI=1S/C16H17F2N3O2/c17-15(18)23-13-4-2-1-3-12(13)14(22)20-9-16(5-6-16)10-21-8-7-19-11-21/h1-4,7-8,11,15H,5-6,9-10H2,(H,20,22). The average molecular weight is 321 g/mol. The van der Waals surface area contributed by atoms with Crippen LogP contribution in [0.2, 0.25) is 0 Å². The van der Waals surface area contributed by atoms with Gasteiger partial charge in [-0.05, 0) is 25.0 Å². The van der Waals surface area contributed by atoms with E-state index in [1.165, 1.54) is 12.1 Å². The second-order valence-electron chi connectivity index (χ2n) is 5.79. The molecule has 7 heteroatoms. The van der Waals surface area contributed by atoms with Gasteiger partial charge < -0.3 is 14.6 Å². The molecular weight excluding hydrogens is 304 g/mol. The summed E-state index contributed by atoms with van der Waals surface area (Å²) in [5, 5.41) is 2.83. The highest BCUT2D eigenvalue weighted by Gasteiger charge is 2.43. The lowest BCUT2D eigenvalue weighted by atomic mass is 10.1. The molecule has 0 radical (unpaired) electrons. The summed E-state index contributed by atoms with van der Waals surface area (Å²) in [4.78, 5) is 16.3. The minimum Gasteiger partial charge on any atom is -0.434 e. The molecule has 1 aliphatic rings. The monoisotopic (exact) mass is 321 g/mol. The van der Waals surface area contributed by atoms with Crippen molar-refractivity contribution in [1.82, 2.24) is 14.9 Å². The van der Waals surface area contributed by atoms with Gasteiger partial charge in [-0.3, -0.25) is 4.79 Å². The number of rotatable bonds is 7. The van der Waals surface area contributed by atoms with Gasteiger partial charge >= 0.3 is 6.61 Å². The van der Waals surface area contributed by atoms with E-state index in [1.54, 1.807) is 24.7 Å². The molecule has 0 spiro atoms. The quantitative estimate of drug-likeness (QED) is 0.853. The largest absolute Gasteiger partial charge is 0.434 e. The highest BCUT2D eigenvalue weighted by atomic mass is 19.3. The van der Waals surface area contributed by atoms with Crippen molar-refractivity contribution in [3.63, 3.8) is 0 Å². The summed E-state index contributed by atoms with van der Waals surface area (Å²) in [7, 11) is 0. The van der Waals surface area contributed by atoms with Crippen LogP contribution < -0.4 is 10.1 Å². The van der Waals surface area contributed by atoms with Gasteiger partial charge in [0.05, 0.1) is 11.9 Å². The fourth-order valence-corrected chi connectivity index (χ4v) is 2.55. The highest BCUT2D eigenvalue weighted by Crippen LogP contribution is 2.46. The lowest BCUT2D eigenvalue weighted by molar-refractivity contribution is -0.0501. The molecule has 1 heterocycles. The smallest absolute Gasteiger partial charge is 0.387 e. The number of ether oxygens (including phenoxy) is 1. The molecule has 122 valence electrons. The van der Waals surface area contributed by atoms with E-state index in [2.05, 4.69) is 15.0 Å². The number of carbonyl (C=O) groups is 1. The fraction of sp³-hybridized carbons (Fsp3) is 0.375. The summed E-state index contributed by atoms with van der Waals surface area (Å²) in [5.74, 6) is -0.516. The van der Waals surface area contributed by atoms with Crippen LogP contribution in [0.1, 0.15) is 23.2 Å². The molecule has 0 aliphatic heterocycles. The van der Waals surface area contributed by atoms with Crippen molar-refractivity contribution in [3.8, 4) is 5.75 Å². The van der Waals surface area contributed by atoms with Crippen LogP contribution in [0.4, 0.5) is 8.78 Å². The Labute approximate surface area is 132 Å². The second-order valence-corrected chi connectivity index (χ2v) is 5.79. The molecule has 1 aromatic heterocycles. The Bertz CT molecular complexity index is 670. The van der Waals surface area contributed by atoms with Gasteiger partial charge in [-0.2, -0.15) is 8.78 Å². The number of aromatic nitrogens is 2. The number of hydrogen-bond donors (Lipinski definition) is 1. The predicted octanol–water partition coefficient (Wildman–Crippen LogP) is 2.69. The van der Waals surface area contributed by atoms with E-state index in [9.17, 15) is 13.6 Å². The Balaban J connectivity index is 1.62. The number of para-hydroxylation sites is 1. The Morgan fingerprint density at radius 2 is 2.17 bits per heavy atom. The number of nitrogens with one attached hydrogen (secondary N) is 1. The first-order valence-electron chi connectivity index (χ1n) is 7.36. The fourth-order valence-electron chi connectivity index (χ4n) is 2.55. The normalized spacial score (nSPS) is 15.4. The second kappa shape index (κ2) is 6.36. The van der Waals surface area contributed by atoms with Crippen LogP contribution in [0.25, 0.3) is 0 Å². The zero-order chi connectivity index (χ0) is 16.3. The zero-order valence-corrected chi connectivity index (χ0v) is 12.4. The summed E-state index contributed by atoms with van der Waals surface area (Å²) in [6, 6.07) is 6.00. The van der Waals surface area contributed by atoms with Gasteiger partial charge in [-0.25, -0.2) is 4.98 Å². The number of halogens is 2. The molecule has 0 atom stereocenters. The predicted molar refractivity (Wildman–Crippen MR) is 79.3 cm³/mol. The van der Waals surface area contributed by atoms with E-state index < -0.39 is 12.5 Å². The first-order chi connectivity index (χ1) is 11.1. The van der Waals surface area contributed by atoms with Crippen LogP contribution in [-0.4, -0.2) is 28.6 Å². The van der Waals surface area contributed by atoms with E-state index in [4.69, 9.17) is 0 Å². The van der Waals surface area contributed by atoms with Crippen molar-refractivity contribution in [2.75, 3.05) is 6.54 Å². The number of imidazole rings is 1. The van der Waals surface area contributed by atoms with Gasteiger partial charge in [-0.1, -0.05) is 12.1 Å². The Morgan fingerprint density at radius 3 is 2.83 bits per heavy atom. The molecule has 3 rings (SSSR count). The number of benzene rings is 1. The van der Waals surface area contributed by atoms with Crippen molar-refractivity contribution in [1.29, 1.82) is 0 Å². The maximum absolute atomic E-state index is 12.4. The number of hydrogen-bond acceptors (Lipinski definition) is 3. The van der Waals surface area contributed by atoms with Crippen LogP contribution in [-0.2, 0) is 6.54 Å². The van der Waals surface area contributed by atoms with Gasteiger partial charge in [0, 0.05) is 30.9 Å². The molecule has 1 aromatic carbocycles. The zero-order valence-electron chi connectivity index (χ0n) is 12.4. The van der Waals surface area contributed by atoms with Crippen molar-refractivity contribution in [2.45, 2.75) is 26.0 Å². The van der Waals surface area contributed by atoms with Crippen molar-refractivity contribution >= 4 is 5.91 Å². The minimum atomic E-state index is -2.96. The third-order valence-electron chi connectivity index (χ3n) is 4.01.